The van der Waals surface area contributed by atoms with Crippen molar-refractivity contribution in [2.75, 3.05) is 34.4 Å². The van der Waals surface area contributed by atoms with Gasteiger partial charge in [0.1, 0.15) is 0 Å². The van der Waals surface area contributed by atoms with Crippen molar-refractivity contribution in [2.45, 2.75) is 86.5 Å². The Morgan fingerprint density at radius 3 is 2.02 bits per heavy atom. The Bertz CT molecular complexity index is 1570. The number of hydrogen-bond donors (Lipinski definition) is 1. The van der Waals surface area contributed by atoms with Crippen LogP contribution in [-0.4, -0.2) is 75.1 Å². The first-order chi connectivity index (χ1) is 20.9. The van der Waals surface area contributed by atoms with Gasteiger partial charge >= 0.3 is 0 Å². The molecule has 8 nitrogen and oxygen atoms in total. The van der Waals surface area contributed by atoms with E-state index in [1.165, 1.54) is 22.3 Å². The first-order valence-corrected chi connectivity index (χ1v) is 16.2. The molecule has 8 aliphatic rings. The number of benzene rings is 2. The van der Waals surface area contributed by atoms with E-state index in [2.05, 4.69) is 29.4 Å². The molecule has 2 aromatic rings. The molecule has 4 aliphatic carbocycles. The number of Topliss-reactive ketones (excluding diaryl/α,β-unsaturated/α-hetero) is 2. The summed E-state index contributed by atoms with van der Waals surface area (Å²) in [5.74, 6) is 4.88. The predicted molar refractivity (Wildman–Crippen MR) is 158 cm³/mol. The minimum atomic E-state index is -0.286. The lowest BCUT2D eigenvalue weighted by atomic mass is 9.52. The highest BCUT2D eigenvalue weighted by molar-refractivity contribution is 5.90. The lowest BCUT2D eigenvalue weighted by Gasteiger charge is -2.57. The zero-order valence-corrected chi connectivity index (χ0v) is 25.2. The molecule has 4 aliphatic heterocycles. The molecule has 10 rings (SSSR count). The predicted octanol–water partition coefficient (Wildman–Crippen LogP) is 3.52. The van der Waals surface area contributed by atoms with Gasteiger partial charge in [-0.15, -0.1) is 0 Å². The molecule has 2 spiro atoms. The number of carbonyl (C=O) groups is 2. The molecule has 6 unspecified atom stereocenters. The maximum Gasteiger partial charge on any atom is 0.174 e. The van der Waals surface area contributed by atoms with Crippen molar-refractivity contribution in [1.82, 2.24) is 10.2 Å². The van der Waals surface area contributed by atoms with Gasteiger partial charge in [-0.3, -0.25) is 9.59 Å². The SMILES string of the molecule is COc1ccc2c3c1OC1C(=O)CCC4C(C2)N(C)CC[C@@]314.COc1ccc2c3c1OC1C(=O)CCC4C(C2)NCC[C@@]314. The fourth-order valence-corrected chi connectivity index (χ4v) is 11.1. The number of nitrogens with one attached hydrogen (secondary N) is 1. The van der Waals surface area contributed by atoms with Gasteiger partial charge in [-0.25, -0.2) is 0 Å². The Balaban J connectivity index is 0.000000121. The summed E-state index contributed by atoms with van der Waals surface area (Å²) in [6.07, 6.45) is 6.87. The van der Waals surface area contributed by atoms with Crippen LogP contribution in [0.2, 0.25) is 0 Å². The number of ether oxygens (including phenoxy) is 4. The molecule has 4 fully saturated rings. The summed E-state index contributed by atoms with van der Waals surface area (Å²) in [4.78, 5) is 27.6. The van der Waals surface area contributed by atoms with Gasteiger partial charge in [0.2, 0.25) is 0 Å². The van der Waals surface area contributed by atoms with E-state index in [0.717, 1.165) is 74.6 Å². The molecule has 43 heavy (non-hydrogen) atoms. The van der Waals surface area contributed by atoms with Crippen LogP contribution in [-0.2, 0) is 33.3 Å². The Labute approximate surface area is 252 Å². The molecule has 8 heteroatoms. The van der Waals surface area contributed by atoms with Gasteiger partial charge in [0.05, 0.1) is 14.2 Å². The standard InChI is InChI=1S/C18H21NO3.C17H19NO3/c1-19-8-7-18-11-4-5-13(20)17(18)22-16-14(21-2)6-3-10(15(16)18)9-12(11)19;1-20-13-5-2-9-8-11-10-3-4-12(19)16-17(10,6-7-18-11)14(9)15(13)21-16/h3,6,11-12,17H,4-5,7-9H2,1-2H3;2,5,10-11,16,18H,3-4,6-8H2,1H3/t11?,12?,17?,18-;10?,11?,16?,17-/m11/s1. The van der Waals surface area contributed by atoms with Crippen molar-refractivity contribution in [3.63, 3.8) is 0 Å². The second-order valence-corrected chi connectivity index (χ2v) is 14.1. The van der Waals surface area contributed by atoms with Crippen LogP contribution in [0.5, 0.6) is 23.0 Å². The van der Waals surface area contributed by atoms with E-state index in [0.29, 0.717) is 36.8 Å². The van der Waals surface area contributed by atoms with E-state index in [4.69, 9.17) is 18.9 Å². The van der Waals surface area contributed by atoms with Crippen molar-refractivity contribution in [1.29, 1.82) is 0 Å². The summed E-state index contributed by atoms with van der Waals surface area (Å²) < 4.78 is 23.5. The first-order valence-electron chi connectivity index (χ1n) is 16.2. The number of ketones is 2. The van der Waals surface area contributed by atoms with E-state index in [9.17, 15) is 9.59 Å². The molecule has 1 N–H and O–H groups in total. The van der Waals surface area contributed by atoms with Crippen LogP contribution in [0.3, 0.4) is 0 Å². The van der Waals surface area contributed by atoms with Gasteiger partial charge in [0, 0.05) is 46.9 Å². The highest BCUT2D eigenvalue weighted by Crippen LogP contribution is 2.64. The van der Waals surface area contributed by atoms with Gasteiger partial charge in [-0.05, 0) is 93.8 Å². The second-order valence-electron chi connectivity index (χ2n) is 14.1. The Morgan fingerprint density at radius 1 is 0.814 bits per heavy atom. The lowest BCUT2D eigenvalue weighted by molar-refractivity contribution is -0.138. The number of piperidine rings is 2. The maximum absolute atomic E-state index is 12.6. The summed E-state index contributed by atoms with van der Waals surface area (Å²) >= 11 is 0. The molecule has 0 amide bonds. The normalized spacial score (nSPS) is 38.6. The molecular weight excluding hydrogens is 544 g/mol. The van der Waals surface area contributed by atoms with Crippen LogP contribution in [0.1, 0.15) is 60.8 Å². The summed E-state index contributed by atoms with van der Waals surface area (Å²) in [6, 6.07) is 9.38. The fourth-order valence-electron chi connectivity index (χ4n) is 11.1. The highest BCUT2D eigenvalue weighted by Gasteiger charge is 2.66. The number of likely N-dealkylation sites (N-methyl/N-ethyl adjacent to an activating group) is 1. The van der Waals surface area contributed by atoms with Crippen molar-refractivity contribution in [3.05, 3.63) is 46.5 Å². The number of nitrogens with zero attached hydrogens (tertiary/aromatic N) is 1. The highest BCUT2D eigenvalue weighted by atomic mass is 16.5. The average Bonchev–Trinajstić information content (AvgIpc) is 3.55. The Morgan fingerprint density at radius 2 is 1.40 bits per heavy atom. The maximum atomic E-state index is 12.6. The number of rotatable bonds is 2. The molecule has 2 saturated heterocycles. The van der Waals surface area contributed by atoms with Gasteiger partial charge in [-0.1, -0.05) is 12.1 Å². The van der Waals surface area contributed by atoms with Crippen molar-refractivity contribution in [3.8, 4) is 23.0 Å². The van der Waals surface area contributed by atoms with Crippen molar-refractivity contribution in [2.24, 2.45) is 11.8 Å². The molecule has 0 radical (unpaired) electrons. The molecule has 2 saturated carbocycles. The largest absolute Gasteiger partial charge is 0.493 e. The fraction of sp³-hybridized carbons (Fsp3) is 0.600. The van der Waals surface area contributed by atoms with E-state index in [-0.39, 0.29) is 34.6 Å². The van der Waals surface area contributed by atoms with Crippen LogP contribution in [0, 0.1) is 11.8 Å². The molecule has 0 aromatic heterocycles. The van der Waals surface area contributed by atoms with E-state index < -0.39 is 0 Å². The molecular formula is C35H40N2O6. The lowest BCUT2D eigenvalue weighted by Crippen LogP contribution is -2.65. The smallest absolute Gasteiger partial charge is 0.174 e. The second kappa shape index (κ2) is 8.98. The third-order valence-electron chi connectivity index (χ3n) is 12.7. The van der Waals surface area contributed by atoms with E-state index >= 15 is 0 Å². The van der Waals surface area contributed by atoms with E-state index in [1.54, 1.807) is 14.2 Å². The zero-order valence-electron chi connectivity index (χ0n) is 25.2. The quantitative estimate of drug-likeness (QED) is 0.574. The minimum absolute atomic E-state index is 0.0933. The number of hydrogen-bond acceptors (Lipinski definition) is 8. The van der Waals surface area contributed by atoms with Gasteiger partial charge < -0.3 is 29.2 Å². The van der Waals surface area contributed by atoms with Crippen LogP contribution in [0.25, 0.3) is 0 Å². The van der Waals surface area contributed by atoms with Gasteiger partial charge in [-0.2, -0.15) is 0 Å². The Kier molecular flexibility index (Phi) is 5.49. The number of likely N-dealkylation sites (tertiary alicyclic amines) is 1. The van der Waals surface area contributed by atoms with E-state index in [1.807, 2.05) is 12.1 Å². The third-order valence-corrected chi connectivity index (χ3v) is 12.7. The summed E-state index contributed by atoms with van der Waals surface area (Å²) in [5.41, 5.74) is 5.12. The summed E-state index contributed by atoms with van der Waals surface area (Å²) in [6.45, 7) is 2.02. The topological polar surface area (TPSA) is 86.3 Å². The molecule has 8 atom stereocenters. The van der Waals surface area contributed by atoms with Crippen LogP contribution < -0.4 is 24.3 Å². The number of carbonyl (C=O) groups excluding carboxylic acids is 2. The van der Waals surface area contributed by atoms with Crippen LogP contribution in [0.4, 0.5) is 0 Å². The zero-order chi connectivity index (χ0) is 29.2. The van der Waals surface area contributed by atoms with Crippen LogP contribution in [0.15, 0.2) is 24.3 Å². The molecule has 4 bridgehead atoms. The summed E-state index contributed by atoms with van der Waals surface area (Å²) in [7, 11) is 5.59. The minimum Gasteiger partial charge on any atom is -0.493 e. The van der Waals surface area contributed by atoms with Crippen LogP contribution >= 0.6 is 0 Å². The monoisotopic (exact) mass is 584 g/mol. The molecule has 226 valence electrons. The molecule has 2 aromatic carbocycles. The number of methoxy groups -OCH3 is 2. The average molecular weight is 585 g/mol. The Hall–Kier alpha value is -3.10. The van der Waals surface area contributed by atoms with Crippen molar-refractivity contribution >= 4 is 11.6 Å². The third kappa shape index (κ3) is 3.14. The summed E-state index contributed by atoms with van der Waals surface area (Å²) in [5, 5.41) is 3.67. The molecule has 4 heterocycles. The van der Waals surface area contributed by atoms with Gasteiger partial charge in [0.15, 0.2) is 46.8 Å². The first kappa shape index (κ1) is 26.3. The van der Waals surface area contributed by atoms with Crippen molar-refractivity contribution < 1.29 is 28.5 Å². The van der Waals surface area contributed by atoms with Gasteiger partial charge in [0.25, 0.3) is 0 Å².